The van der Waals surface area contributed by atoms with Crippen molar-refractivity contribution in [1.29, 1.82) is 0 Å². The van der Waals surface area contributed by atoms with Crippen LogP contribution in [-0.4, -0.2) is 42.1 Å². The van der Waals surface area contributed by atoms with E-state index in [0.29, 0.717) is 0 Å². The molecule has 25 heavy (non-hydrogen) atoms. The minimum Gasteiger partial charge on any atom is -0.368 e. The molecule has 1 aliphatic rings. The number of nitrogens with zero attached hydrogens (tertiary/aromatic N) is 3. The van der Waals surface area contributed by atoms with Gasteiger partial charge in [0.15, 0.2) is 5.82 Å². The Balaban J connectivity index is 1.79. The summed E-state index contributed by atoms with van der Waals surface area (Å²) < 4.78 is 0. The number of fused-ring (bicyclic) bond motifs is 3. The molecule has 0 aliphatic heterocycles. The van der Waals surface area contributed by atoms with Crippen LogP contribution in [0, 0.1) is 0 Å². The molecule has 4 rings (SSSR count). The Hall–Kier alpha value is -1.69. The molecule has 0 spiro atoms. The standard InChI is InChI=1S/C19H21ClN4S/c1-24(2)11-10-21-18-16-14-4-3-5-15(14)25-19(16)23-17(22-18)12-6-8-13(20)9-7-12/h6-9H,3-5,10-11H2,1-2H3,(H,21,22,23). The molecule has 6 heteroatoms. The Morgan fingerprint density at radius 1 is 1.16 bits per heavy atom. The van der Waals surface area contributed by atoms with Gasteiger partial charge in [0.25, 0.3) is 0 Å². The molecule has 3 aromatic rings. The van der Waals surface area contributed by atoms with Crippen molar-refractivity contribution < 1.29 is 0 Å². The number of hydrogen-bond acceptors (Lipinski definition) is 5. The van der Waals surface area contributed by atoms with Gasteiger partial charge in [-0.15, -0.1) is 11.3 Å². The molecule has 0 fully saturated rings. The molecule has 0 amide bonds. The lowest BCUT2D eigenvalue weighted by Gasteiger charge is -2.13. The number of hydrogen-bond donors (Lipinski definition) is 1. The molecule has 2 aromatic heterocycles. The van der Waals surface area contributed by atoms with E-state index in [1.165, 1.54) is 28.7 Å². The number of aromatic nitrogens is 2. The van der Waals surface area contributed by atoms with Crippen molar-refractivity contribution in [3.05, 3.63) is 39.7 Å². The molecule has 130 valence electrons. The minimum atomic E-state index is 0.726. The van der Waals surface area contributed by atoms with Gasteiger partial charge in [0.2, 0.25) is 0 Å². The van der Waals surface area contributed by atoms with E-state index in [0.717, 1.165) is 46.6 Å². The average molecular weight is 373 g/mol. The number of aryl methyl sites for hydroxylation is 2. The van der Waals surface area contributed by atoms with Gasteiger partial charge < -0.3 is 10.2 Å². The first-order chi connectivity index (χ1) is 12.1. The fourth-order valence-electron chi connectivity index (χ4n) is 3.25. The molecule has 0 bridgehead atoms. The third-order valence-electron chi connectivity index (χ3n) is 4.52. The van der Waals surface area contributed by atoms with Crippen molar-refractivity contribution in [2.45, 2.75) is 19.3 Å². The Bertz CT molecular complexity index is 902. The quantitative estimate of drug-likeness (QED) is 0.717. The first-order valence-electron chi connectivity index (χ1n) is 8.58. The van der Waals surface area contributed by atoms with Gasteiger partial charge in [-0.25, -0.2) is 9.97 Å². The van der Waals surface area contributed by atoms with Crippen LogP contribution in [0.1, 0.15) is 16.9 Å². The van der Waals surface area contributed by atoms with E-state index < -0.39 is 0 Å². The highest BCUT2D eigenvalue weighted by Crippen LogP contribution is 2.40. The molecule has 0 atom stereocenters. The minimum absolute atomic E-state index is 0.726. The summed E-state index contributed by atoms with van der Waals surface area (Å²) in [7, 11) is 4.16. The zero-order valence-electron chi connectivity index (χ0n) is 14.5. The summed E-state index contributed by atoms with van der Waals surface area (Å²) in [4.78, 5) is 14.5. The van der Waals surface area contributed by atoms with Crippen molar-refractivity contribution in [3.63, 3.8) is 0 Å². The molecule has 0 unspecified atom stereocenters. The van der Waals surface area contributed by atoms with Gasteiger partial charge in [-0.05, 0) is 63.2 Å². The number of anilines is 1. The van der Waals surface area contributed by atoms with E-state index in [4.69, 9.17) is 21.6 Å². The van der Waals surface area contributed by atoms with E-state index in [9.17, 15) is 0 Å². The Kier molecular flexibility index (Phi) is 4.63. The number of nitrogens with one attached hydrogen (secondary N) is 1. The van der Waals surface area contributed by atoms with Gasteiger partial charge in [0.1, 0.15) is 10.6 Å². The lowest BCUT2D eigenvalue weighted by molar-refractivity contribution is 0.425. The van der Waals surface area contributed by atoms with Gasteiger partial charge in [0.05, 0.1) is 5.39 Å². The van der Waals surface area contributed by atoms with Crippen LogP contribution in [0.2, 0.25) is 5.02 Å². The molecule has 1 aromatic carbocycles. The Labute approximate surface area is 156 Å². The SMILES string of the molecule is CN(C)CCNc1nc(-c2ccc(Cl)cc2)nc2sc3c(c12)CCC3. The Morgan fingerprint density at radius 2 is 1.96 bits per heavy atom. The van der Waals surface area contributed by atoms with Gasteiger partial charge in [-0.2, -0.15) is 0 Å². The zero-order chi connectivity index (χ0) is 17.4. The lowest BCUT2D eigenvalue weighted by Crippen LogP contribution is -2.21. The molecular formula is C19H21ClN4S. The van der Waals surface area contributed by atoms with E-state index >= 15 is 0 Å². The highest BCUT2D eigenvalue weighted by Gasteiger charge is 2.22. The normalized spacial score (nSPS) is 13.6. The monoisotopic (exact) mass is 372 g/mol. The second kappa shape index (κ2) is 6.90. The van der Waals surface area contributed by atoms with Crippen LogP contribution >= 0.6 is 22.9 Å². The third-order valence-corrected chi connectivity index (χ3v) is 5.96. The van der Waals surface area contributed by atoms with Crippen molar-refractivity contribution in [2.24, 2.45) is 0 Å². The molecule has 0 saturated heterocycles. The molecule has 4 nitrogen and oxygen atoms in total. The van der Waals surface area contributed by atoms with Gasteiger partial charge >= 0.3 is 0 Å². The smallest absolute Gasteiger partial charge is 0.163 e. The van der Waals surface area contributed by atoms with E-state index in [-0.39, 0.29) is 0 Å². The maximum absolute atomic E-state index is 6.02. The summed E-state index contributed by atoms with van der Waals surface area (Å²) in [5.74, 6) is 1.73. The summed E-state index contributed by atoms with van der Waals surface area (Å²) in [5.41, 5.74) is 2.45. The highest BCUT2D eigenvalue weighted by molar-refractivity contribution is 7.19. The van der Waals surface area contributed by atoms with Crippen LogP contribution in [-0.2, 0) is 12.8 Å². The first-order valence-corrected chi connectivity index (χ1v) is 9.78. The number of benzene rings is 1. The number of halogens is 1. The van der Waals surface area contributed by atoms with Gasteiger partial charge in [-0.1, -0.05) is 11.6 Å². The molecule has 1 aliphatic carbocycles. The van der Waals surface area contributed by atoms with Gasteiger partial charge in [-0.3, -0.25) is 0 Å². The highest BCUT2D eigenvalue weighted by atomic mass is 35.5. The van der Waals surface area contributed by atoms with Crippen LogP contribution in [0.5, 0.6) is 0 Å². The second-order valence-electron chi connectivity index (χ2n) is 6.67. The largest absolute Gasteiger partial charge is 0.368 e. The fraction of sp³-hybridized carbons (Fsp3) is 0.368. The van der Waals surface area contributed by atoms with E-state index in [1.807, 2.05) is 35.6 Å². The maximum Gasteiger partial charge on any atom is 0.163 e. The summed E-state index contributed by atoms with van der Waals surface area (Å²) in [6.45, 7) is 1.83. The van der Waals surface area contributed by atoms with Crippen molar-refractivity contribution in [2.75, 3.05) is 32.5 Å². The van der Waals surface area contributed by atoms with E-state index in [1.54, 1.807) is 0 Å². The van der Waals surface area contributed by atoms with Crippen LogP contribution in [0.25, 0.3) is 21.6 Å². The average Bonchev–Trinajstić information content (AvgIpc) is 3.15. The second-order valence-corrected chi connectivity index (χ2v) is 8.19. The molecular weight excluding hydrogens is 352 g/mol. The van der Waals surface area contributed by atoms with Crippen LogP contribution in [0.4, 0.5) is 5.82 Å². The molecule has 2 heterocycles. The topological polar surface area (TPSA) is 41.0 Å². The maximum atomic E-state index is 6.02. The predicted octanol–water partition coefficient (Wildman–Crippen LogP) is 4.47. The lowest BCUT2D eigenvalue weighted by atomic mass is 10.1. The number of rotatable bonds is 5. The van der Waals surface area contributed by atoms with Crippen molar-refractivity contribution >= 4 is 39.0 Å². The first kappa shape index (κ1) is 16.8. The van der Waals surface area contributed by atoms with Crippen molar-refractivity contribution in [3.8, 4) is 11.4 Å². The third kappa shape index (κ3) is 3.36. The summed E-state index contributed by atoms with van der Waals surface area (Å²) in [5, 5.41) is 5.50. The Morgan fingerprint density at radius 3 is 2.72 bits per heavy atom. The molecule has 0 saturated carbocycles. The van der Waals surface area contributed by atoms with Crippen molar-refractivity contribution in [1.82, 2.24) is 14.9 Å². The summed E-state index contributed by atoms with van der Waals surface area (Å²) in [6, 6.07) is 7.73. The molecule has 0 radical (unpaired) electrons. The van der Waals surface area contributed by atoms with Crippen LogP contribution in [0.3, 0.4) is 0 Å². The van der Waals surface area contributed by atoms with E-state index in [2.05, 4.69) is 24.3 Å². The fourth-order valence-corrected chi connectivity index (χ4v) is 4.64. The predicted molar refractivity (Wildman–Crippen MR) is 107 cm³/mol. The zero-order valence-corrected chi connectivity index (χ0v) is 16.0. The summed E-state index contributed by atoms with van der Waals surface area (Å²) in [6.07, 6.45) is 3.55. The summed E-state index contributed by atoms with van der Waals surface area (Å²) >= 11 is 7.84. The molecule has 1 N–H and O–H groups in total. The number of thiophene rings is 1. The van der Waals surface area contributed by atoms with Crippen LogP contribution in [0.15, 0.2) is 24.3 Å². The van der Waals surface area contributed by atoms with Crippen LogP contribution < -0.4 is 5.32 Å². The van der Waals surface area contributed by atoms with Gasteiger partial charge in [0, 0.05) is 28.6 Å². The number of likely N-dealkylation sites (N-methyl/N-ethyl adjacent to an activating group) is 1.